The average Bonchev–Trinajstić information content (AvgIpc) is 3.02. The van der Waals surface area contributed by atoms with Gasteiger partial charge in [-0.3, -0.25) is 9.59 Å². The van der Waals surface area contributed by atoms with Crippen LogP contribution in [0.1, 0.15) is 38.5 Å². The predicted octanol–water partition coefficient (Wildman–Crippen LogP) is 0.729. The quantitative estimate of drug-likeness (QED) is 0.702. The number of carboxylic acid groups (broad SMARTS) is 1. The third-order valence-corrected chi connectivity index (χ3v) is 5.41. The van der Waals surface area contributed by atoms with Crippen LogP contribution in [0.4, 0.5) is 0 Å². The zero-order valence-corrected chi connectivity index (χ0v) is 11.0. The van der Waals surface area contributed by atoms with Gasteiger partial charge in [0.1, 0.15) is 0 Å². The van der Waals surface area contributed by atoms with Crippen LogP contribution in [0, 0.1) is 23.7 Å². The topological polar surface area (TPSA) is 92.4 Å². The number of nitrogens with one attached hydrogen (secondary N) is 1. The first-order valence-corrected chi connectivity index (χ1v) is 7.35. The number of amides is 1. The van der Waals surface area contributed by atoms with Crippen molar-refractivity contribution in [2.75, 3.05) is 0 Å². The van der Waals surface area contributed by atoms with Crippen molar-refractivity contribution in [2.45, 2.75) is 50.6 Å². The summed E-state index contributed by atoms with van der Waals surface area (Å²) in [4.78, 5) is 23.3. The van der Waals surface area contributed by atoms with Gasteiger partial charge in [0.05, 0.1) is 11.8 Å². The lowest BCUT2D eigenvalue weighted by atomic mass is 9.84. The third-order valence-electron chi connectivity index (χ3n) is 5.41. The van der Waals surface area contributed by atoms with Gasteiger partial charge in [-0.25, -0.2) is 0 Å². The van der Waals surface area contributed by atoms with Crippen LogP contribution in [-0.2, 0) is 9.59 Å². The molecular weight excluding hydrogens is 244 g/mol. The molecular formula is C14H22N2O3. The molecule has 0 spiro atoms. The first kappa shape index (κ1) is 12.9. The Morgan fingerprint density at radius 1 is 1.05 bits per heavy atom. The highest BCUT2D eigenvalue weighted by atomic mass is 16.4. The van der Waals surface area contributed by atoms with E-state index in [1.165, 1.54) is 6.42 Å². The van der Waals surface area contributed by atoms with E-state index in [-0.39, 0.29) is 29.8 Å². The van der Waals surface area contributed by atoms with E-state index in [0.29, 0.717) is 24.7 Å². The SMILES string of the molecule is NC1C2CCC(C2)C1C(=O)N[C@H]1CC[C@@H](C(=O)O)C1. The molecule has 0 aromatic rings. The molecule has 3 rings (SSSR count). The summed E-state index contributed by atoms with van der Waals surface area (Å²) in [6.45, 7) is 0. The second-order valence-corrected chi connectivity index (χ2v) is 6.49. The van der Waals surface area contributed by atoms with Gasteiger partial charge in [0.25, 0.3) is 0 Å². The molecule has 3 saturated carbocycles. The number of fused-ring (bicyclic) bond motifs is 2. The van der Waals surface area contributed by atoms with Gasteiger partial charge in [-0.2, -0.15) is 0 Å². The van der Waals surface area contributed by atoms with Crippen molar-refractivity contribution in [3.8, 4) is 0 Å². The molecule has 0 aromatic carbocycles. The molecule has 0 radical (unpaired) electrons. The highest BCUT2D eigenvalue weighted by Gasteiger charge is 2.49. The van der Waals surface area contributed by atoms with E-state index in [9.17, 15) is 9.59 Å². The van der Waals surface area contributed by atoms with Crippen molar-refractivity contribution in [2.24, 2.45) is 29.4 Å². The molecule has 0 aliphatic heterocycles. The van der Waals surface area contributed by atoms with Crippen LogP contribution < -0.4 is 11.1 Å². The van der Waals surface area contributed by atoms with Gasteiger partial charge in [-0.15, -0.1) is 0 Å². The molecule has 0 aromatic heterocycles. The predicted molar refractivity (Wildman–Crippen MR) is 69.2 cm³/mol. The molecule has 19 heavy (non-hydrogen) atoms. The minimum Gasteiger partial charge on any atom is -0.481 e. The Bertz CT molecular complexity index is 396. The number of carboxylic acids is 1. The fourth-order valence-corrected chi connectivity index (χ4v) is 4.36. The minimum atomic E-state index is -0.742. The van der Waals surface area contributed by atoms with Crippen LogP contribution >= 0.6 is 0 Å². The summed E-state index contributed by atoms with van der Waals surface area (Å²) in [6.07, 6.45) is 5.40. The van der Waals surface area contributed by atoms with Crippen molar-refractivity contribution < 1.29 is 14.7 Å². The summed E-state index contributed by atoms with van der Waals surface area (Å²) in [6, 6.07) is 0.0374. The molecule has 3 fully saturated rings. The fraction of sp³-hybridized carbons (Fsp3) is 0.857. The van der Waals surface area contributed by atoms with E-state index in [1.54, 1.807) is 0 Å². The number of carbonyl (C=O) groups is 2. The van der Waals surface area contributed by atoms with Crippen LogP contribution in [0.3, 0.4) is 0 Å². The lowest BCUT2D eigenvalue weighted by Gasteiger charge is -2.28. The van der Waals surface area contributed by atoms with Crippen LogP contribution in [0.25, 0.3) is 0 Å². The molecule has 0 saturated heterocycles. The molecule has 2 bridgehead atoms. The Labute approximate surface area is 112 Å². The van der Waals surface area contributed by atoms with E-state index < -0.39 is 5.97 Å². The van der Waals surface area contributed by atoms with Gasteiger partial charge in [-0.05, 0) is 50.4 Å². The normalized spacial score (nSPS) is 44.5. The van der Waals surface area contributed by atoms with Crippen molar-refractivity contribution in [3.05, 3.63) is 0 Å². The summed E-state index contributed by atoms with van der Waals surface area (Å²) in [5.41, 5.74) is 6.16. The smallest absolute Gasteiger partial charge is 0.306 e. The number of nitrogens with two attached hydrogens (primary N) is 1. The van der Waals surface area contributed by atoms with Gasteiger partial charge >= 0.3 is 5.97 Å². The van der Waals surface area contributed by atoms with Crippen molar-refractivity contribution in [1.29, 1.82) is 0 Å². The first-order chi connectivity index (χ1) is 9.06. The molecule has 1 amide bonds. The summed E-state index contributed by atoms with van der Waals surface area (Å²) < 4.78 is 0. The van der Waals surface area contributed by atoms with E-state index >= 15 is 0 Å². The molecule has 6 atom stereocenters. The maximum absolute atomic E-state index is 12.3. The molecule has 3 aliphatic rings. The minimum absolute atomic E-state index is 0.00965. The third kappa shape index (κ3) is 2.24. The zero-order chi connectivity index (χ0) is 13.6. The maximum Gasteiger partial charge on any atom is 0.306 e. The van der Waals surface area contributed by atoms with Crippen LogP contribution in [0.15, 0.2) is 0 Å². The Kier molecular flexibility index (Phi) is 3.25. The van der Waals surface area contributed by atoms with Gasteiger partial charge < -0.3 is 16.2 Å². The highest BCUT2D eigenvalue weighted by molar-refractivity contribution is 5.81. The highest BCUT2D eigenvalue weighted by Crippen LogP contribution is 2.47. The van der Waals surface area contributed by atoms with Crippen molar-refractivity contribution in [3.63, 3.8) is 0 Å². The molecule has 4 unspecified atom stereocenters. The monoisotopic (exact) mass is 266 g/mol. The summed E-state index contributed by atoms with van der Waals surface area (Å²) in [5, 5.41) is 12.0. The van der Waals surface area contributed by atoms with Crippen LogP contribution in [0.5, 0.6) is 0 Å². The molecule has 0 heterocycles. The standard InChI is InChI=1S/C14H22N2O3/c15-12-8-2-1-7(5-8)11(12)13(17)16-10-4-3-9(6-10)14(18)19/h7-12H,1-6,15H2,(H,16,17)(H,18,19)/t7?,8?,9-,10+,11?,12?/m1/s1. The van der Waals surface area contributed by atoms with E-state index in [0.717, 1.165) is 19.3 Å². The Morgan fingerprint density at radius 3 is 2.37 bits per heavy atom. The maximum atomic E-state index is 12.3. The summed E-state index contributed by atoms with van der Waals surface area (Å²) in [7, 11) is 0. The van der Waals surface area contributed by atoms with Gasteiger partial charge in [0, 0.05) is 12.1 Å². The number of hydrogen-bond acceptors (Lipinski definition) is 3. The van der Waals surface area contributed by atoms with Crippen molar-refractivity contribution >= 4 is 11.9 Å². The summed E-state index contributed by atoms with van der Waals surface area (Å²) in [5.74, 6) is -0.0292. The Balaban J connectivity index is 1.56. The van der Waals surface area contributed by atoms with E-state index in [4.69, 9.17) is 10.8 Å². The number of carbonyl (C=O) groups excluding carboxylic acids is 1. The van der Waals surface area contributed by atoms with Gasteiger partial charge in [0.2, 0.25) is 5.91 Å². The van der Waals surface area contributed by atoms with Crippen LogP contribution in [0.2, 0.25) is 0 Å². The fourth-order valence-electron chi connectivity index (χ4n) is 4.36. The van der Waals surface area contributed by atoms with E-state index in [1.807, 2.05) is 0 Å². The number of rotatable bonds is 3. The average molecular weight is 266 g/mol. The van der Waals surface area contributed by atoms with Crippen LogP contribution in [-0.4, -0.2) is 29.1 Å². The number of hydrogen-bond donors (Lipinski definition) is 3. The molecule has 106 valence electrons. The number of aliphatic carboxylic acids is 1. The van der Waals surface area contributed by atoms with Gasteiger partial charge in [-0.1, -0.05) is 0 Å². The lowest BCUT2D eigenvalue weighted by Crippen LogP contribution is -2.47. The Morgan fingerprint density at radius 2 is 1.79 bits per heavy atom. The first-order valence-electron chi connectivity index (χ1n) is 7.35. The largest absolute Gasteiger partial charge is 0.481 e. The molecule has 5 heteroatoms. The summed E-state index contributed by atoms with van der Waals surface area (Å²) >= 11 is 0. The molecule has 3 aliphatic carbocycles. The molecule has 4 N–H and O–H groups in total. The van der Waals surface area contributed by atoms with E-state index in [2.05, 4.69) is 5.32 Å². The Hall–Kier alpha value is -1.10. The second-order valence-electron chi connectivity index (χ2n) is 6.49. The van der Waals surface area contributed by atoms with Gasteiger partial charge in [0.15, 0.2) is 0 Å². The second kappa shape index (κ2) is 4.78. The zero-order valence-electron chi connectivity index (χ0n) is 11.0. The lowest BCUT2D eigenvalue weighted by molar-refractivity contribution is -0.141. The molecule has 5 nitrogen and oxygen atoms in total. The van der Waals surface area contributed by atoms with Crippen molar-refractivity contribution in [1.82, 2.24) is 5.32 Å².